The molecule has 0 bridgehead atoms. The Kier molecular flexibility index (Phi) is 3.16. The summed E-state index contributed by atoms with van der Waals surface area (Å²) in [6.07, 6.45) is 1.45. The zero-order chi connectivity index (χ0) is 14.3. The van der Waals surface area contributed by atoms with Crippen LogP contribution in [0.2, 0.25) is 10.2 Å². The SMILES string of the molecule is Nc1n[nH]c(-c2ccoc2Cl)c1-c1ccc(F)cc1Cl. The Balaban J connectivity index is 2.24. The Morgan fingerprint density at radius 2 is 2.00 bits per heavy atom. The summed E-state index contributed by atoms with van der Waals surface area (Å²) in [7, 11) is 0. The summed E-state index contributed by atoms with van der Waals surface area (Å²) in [6.45, 7) is 0. The number of furan rings is 1. The van der Waals surface area contributed by atoms with E-state index in [0.717, 1.165) is 0 Å². The lowest BCUT2D eigenvalue weighted by Gasteiger charge is -2.06. The average molecular weight is 312 g/mol. The number of hydrogen-bond donors (Lipinski definition) is 2. The quantitative estimate of drug-likeness (QED) is 0.738. The fraction of sp³-hybridized carbons (Fsp3) is 0. The smallest absolute Gasteiger partial charge is 0.202 e. The number of H-pyrrole nitrogens is 1. The number of nitrogen functional groups attached to an aromatic ring is 1. The minimum atomic E-state index is -0.427. The van der Waals surface area contributed by atoms with Crippen LogP contribution in [0.1, 0.15) is 0 Å². The highest BCUT2D eigenvalue weighted by Crippen LogP contribution is 2.40. The second-order valence-corrected chi connectivity index (χ2v) is 4.84. The first-order chi connectivity index (χ1) is 9.58. The molecular weight excluding hydrogens is 304 g/mol. The van der Waals surface area contributed by atoms with Gasteiger partial charge in [0.25, 0.3) is 0 Å². The van der Waals surface area contributed by atoms with E-state index in [1.165, 1.54) is 24.5 Å². The van der Waals surface area contributed by atoms with Crippen LogP contribution in [0, 0.1) is 5.82 Å². The van der Waals surface area contributed by atoms with E-state index in [2.05, 4.69) is 10.2 Å². The number of halogens is 3. The lowest BCUT2D eigenvalue weighted by molar-refractivity contribution is 0.570. The first kappa shape index (κ1) is 13.0. The Morgan fingerprint density at radius 1 is 1.20 bits per heavy atom. The van der Waals surface area contributed by atoms with E-state index in [0.29, 0.717) is 22.4 Å². The molecule has 3 aromatic rings. The summed E-state index contributed by atoms with van der Waals surface area (Å²) in [6, 6.07) is 5.73. The fourth-order valence-electron chi connectivity index (χ4n) is 1.99. The minimum absolute atomic E-state index is 0.202. The zero-order valence-electron chi connectivity index (χ0n) is 9.95. The maximum atomic E-state index is 13.2. The third-order valence-corrected chi connectivity index (χ3v) is 3.49. The van der Waals surface area contributed by atoms with Gasteiger partial charge in [0.15, 0.2) is 5.82 Å². The molecule has 0 atom stereocenters. The Labute approximate surface area is 123 Å². The lowest BCUT2D eigenvalue weighted by atomic mass is 10.0. The van der Waals surface area contributed by atoms with Gasteiger partial charge in [-0.1, -0.05) is 11.6 Å². The van der Waals surface area contributed by atoms with E-state index in [1.54, 1.807) is 6.07 Å². The first-order valence-corrected chi connectivity index (χ1v) is 6.36. The number of nitrogens with two attached hydrogens (primary N) is 1. The molecule has 0 aliphatic rings. The highest BCUT2D eigenvalue weighted by atomic mass is 35.5. The van der Waals surface area contributed by atoms with E-state index in [1.807, 2.05) is 0 Å². The van der Waals surface area contributed by atoms with Crippen LogP contribution >= 0.6 is 23.2 Å². The van der Waals surface area contributed by atoms with Crippen molar-refractivity contribution in [3.05, 3.63) is 46.6 Å². The maximum Gasteiger partial charge on any atom is 0.202 e. The van der Waals surface area contributed by atoms with Gasteiger partial charge in [0.05, 0.1) is 28.1 Å². The normalized spacial score (nSPS) is 10.9. The number of benzene rings is 1. The van der Waals surface area contributed by atoms with Crippen LogP contribution in [0.25, 0.3) is 22.4 Å². The van der Waals surface area contributed by atoms with Gasteiger partial charge in [-0.25, -0.2) is 4.39 Å². The molecule has 0 aliphatic carbocycles. The number of hydrogen-bond acceptors (Lipinski definition) is 3. The summed E-state index contributed by atoms with van der Waals surface area (Å²) in [5, 5.41) is 7.18. The molecule has 0 fully saturated rings. The van der Waals surface area contributed by atoms with Crippen LogP contribution in [0.4, 0.5) is 10.2 Å². The predicted molar refractivity (Wildman–Crippen MR) is 76.1 cm³/mol. The van der Waals surface area contributed by atoms with Crippen molar-refractivity contribution in [3.63, 3.8) is 0 Å². The summed E-state index contributed by atoms with van der Waals surface area (Å²) in [5.41, 5.74) is 8.15. The van der Waals surface area contributed by atoms with Gasteiger partial charge in [-0.2, -0.15) is 5.10 Å². The molecule has 102 valence electrons. The molecular formula is C13H8Cl2FN3O. The highest BCUT2D eigenvalue weighted by molar-refractivity contribution is 6.34. The van der Waals surface area contributed by atoms with E-state index < -0.39 is 5.82 Å². The molecule has 3 rings (SSSR count). The van der Waals surface area contributed by atoms with Crippen molar-refractivity contribution in [1.82, 2.24) is 10.2 Å². The van der Waals surface area contributed by atoms with Crippen molar-refractivity contribution < 1.29 is 8.81 Å². The topological polar surface area (TPSA) is 67.8 Å². The number of nitrogens with one attached hydrogen (secondary N) is 1. The van der Waals surface area contributed by atoms with Gasteiger partial charge in [0.1, 0.15) is 5.82 Å². The van der Waals surface area contributed by atoms with Crippen molar-refractivity contribution in [2.45, 2.75) is 0 Å². The number of rotatable bonds is 2. The van der Waals surface area contributed by atoms with Gasteiger partial charge >= 0.3 is 0 Å². The van der Waals surface area contributed by atoms with Crippen LogP contribution in [0.5, 0.6) is 0 Å². The first-order valence-electron chi connectivity index (χ1n) is 5.60. The molecule has 0 saturated carbocycles. The van der Waals surface area contributed by atoms with E-state index in [-0.39, 0.29) is 16.1 Å². The van der Waals surface area contributed by atoms with Gasteiger partial charge in [0.2, 0.25) is 5.22 Å². The monoisotopic (exact) mass is 311 g/mol. The van der Waals surface area contributed by atoms with E-state index in [9.17, 15) is 4.39 Å². The Morgan fingerprint density at radius 3 is 2.65 bits per heavy atom. The lowest BCUT2D eigenvalue weighted by Crippen LogP contribution is -1.90. The van der Waals surface area contributed by atoms with Crippen LogP contribution < -0.4 is 5.73 Å². The average Bonchev–Trinajstić information content (AvgIpc) is 2.96. The molecule has 0 radical (unpaired) electrons. The van der Waals surface area contributed by atoms with Gasteiger partial charge in [-0.3, -0.25) is 5.10 Å². The van der Waals surface area contributed by atoms with Gasteiger partial charge < -0.3 is 10.2 Å². The molecule has 1 aromatic carbocycles. The molecule has 2 heterocycles. The molecule has 0 spiro atoms. The van der Waals surface area contributed by atoms with Crippen molar-refractivity contribution >= 4 is 29.0 Å². The predicted octanol–water partition coefficient (Wildman–Crippen LogP) is 4.36. The van der Waals surface area contributed by atoms with Crippen LogP contribution in [-0.4, -0.2) is 10.2 Å². The standard InChI is InChI=1S/C13H8Cl2FN3O/c14-9-5-6(16)1-2-7(9)10-11(18-19-13(10)17)8-3-4-20-12(8)15/h1-5H,(H3,17,18,19). The van der Waals surface area contributed by atoms with Crippen molar-refractivity contribution in [3.8, 4) is 22.4 Å². The van der Waals surface area contributed by atoms with Gasteiger partial charge in [-0.15, -0.1) is 0 Å². The third-order valence-electron chi connectivity index (χ3n) is 2.88. The summed E-state index contributed by atoms with van der Waals surface area (Å²) in [5.74, 6) is -0.186. The van der Waals surface area contributed by atoms with E-state index in [4.69, 9.17) is 33.4 Å². The van der Waals surface area contributed by atoms with Crippen molar-refractivity contribution in [2.75, 3.05) is 5.73 Å². The van der Waals surface area contributed by atoms with Crippen LogP contribution in [-0.2, 0) is 0 Å². The minimum Gasteiger partial charge on any atom is -0.452 e. The summed E-state index contributed by atoms with van der Waals surface area (Å²) < 4.78 is 18.2. The zero-order valence-corrected chi connectivity index (χ0v) is 11.5. The Bertz CT molecular complexity index is 782. The van der Waals surface area contributed by atoms with Gasteiger partial charge in [0, 0.05) is 5.56 Å². The summed E-state index contributed by atoms with van der Waals surface area (Å²) in [4.78, 5) is 0. The molecule has 2 aromatic heterocycles. The molecule has 3 N–H and O–H groups in total. The molecule has 4 nitrogen and oxygen atoms in total. The number of anilines is 1. The molecule has 0 amide bonds. The largest absolute Gasteiger partial charge is 0.452 e. The summed E-state index contributed by atoms with van der Waals surface area (Å²) >= 11 is 12.0. The number of nitrogens with zero attached hydrogens (tertiary/aromatic N) is 1. The van der Waals surface area contributed by atoms with Crippen LogP contribution in [0.15, 0.2) is 34.9 Å². The number of aromatic amines is 1. The fourth-order valence-corrected chi connectivity index (χ4v) is 2.46. The Hall–Kier alpha value is -1.98. The second kappa shape index (κ2) is 4.85. The maximum absolute atomic E-state index is 13.2. The van der Waals surface area contributed by atoms with Crippen molar-refractivity contribution in [2.24, 2.45) is 0 Å². The molecule has 0 unspecified atom stereocenters. The van der Waals surface area contributed by atoms with Crippen molar-refractivity contribution in [1.29, 1.82) is 0 Å². The molecule has 20 heavy (non-hydrogen) atoms. The molecule has 0 saturated heterocycles. The highest BCUT2D eigenvalue weighted by Gasteiger charge is 2.20. The second-order valence-electron chi connectivity index (χ2n) is 4.09. The molecule has 0 aliphatic heterocycles. The van der Waals surface area contributed by atoms with Gasteiger partial charge in [-0.05, 0) is 35.9 Å². The molecule has 7 heteroatoms. The van der Waals surface area contributed by atoms with Crippen LogP contribution in [0.3, 0.4) is 0 Å². The van der Waals surface area contributed by atoms with E-state index >= 15 is 0 Å². The third kappa shape index (κ3) is 2.05. The number of aromatic nitrogens is 2.